The van der Waals surface area contributed by atoms with Crippen molar-refractivity contribution in [3.63, 3.8) is 0 Å². The van der Waals surface area contributed by atoms with Gasteiger partial charge in [0.05, 0.1) is 11.2 Å². The average Bonchev–Trinajstić information content (AvgIpc) is 2.59. The van der Waals surface area contributed by atoms with Gasteiger partial charge in [-0.05, 0) is 30.2 Å². The van der Waals surface area contributed by atoms with Gasteiger partial charge in [0.1, 0.15) is 12.4 Å². The summed E-state index contributed by atoms with van der Waals surface area (Å²) in [5.74, 6) is 6.05. The van der Waals surface area contributed by atoms with E-state index < -0.39 is 6.67 Å². The third kappa shape index (κ3) is 3.48. The molecule has 0 fully saturated rings. The van der Waals surface area contributed by atoms with Gasteiger partial charge in [-0.25, -0.2) is 9.37 Å². The van der Waals surface area contributed by atoms with E-state index in [9.17, 15) is 4.39 Å². The molecule has 0 radical (unpaired) electrons. The van der Waals surface area contributed by atoms with Crippen LogP contribution in [0.3, 0.4) is 0 Å². The van der Waals surface area contributed by atoms with Crippen LogP contribution >= 0.6 is 0 Å². The highest BCUT2D eigenvalue weighted by Gasteiger charge is 1.97. The molecule has 22 heavy (non-hydrogen) atoms. The summed E-state index contributed by atoms with van der Waals surface area (Å²) in [5, 5.41) is 1.14. The Labute approximate surface area is 129 Å². The number of aryl methyl sites for hydroxylation is 1. The highest BCUT2D eigenvalue weighted by atomic mass is 19.1. The Morgan fingerprint density at radius 1 is 0.864 bits per heavy atom. The molecule has 0 amide bonds. The fourth-order valence-electron chi connectivity index (χ4n) is 2.21. The second-order valence-electron chi connectivity index (χ2n) is 4.94. The summed E-state index contributed by atoms with van der Waals surface area (Å²) in [5.41, 5.74) is 3.06. The molecule has 3 heteroatoms. The van der Waals surface area contributed by atoms with Crippen LogP contribution in [-0.2, 0) is 13.1 Å². The number of hydrogen-bond acceptors (Lipinski definition) is 2. The number of halogens is 1. The van der Waals surface area contributed by atoms with E-state index in [1.807, 2.05) is 24.3 Å². The molecule has 2 heterocycles. The third-order valence-corrected chi connectivity index (χ3v) is 3.32. The van der Waals surface area contributed by atoms with Crippen molar-refractivity contribution in [2.75, 3.05) is 0 Å². The van der Waals surface area contributed by atoms with E-state index in [-0.39, 0.29) is 0 Å². The van der Waals surface area contributed by atoms with Crippen molar-refractivity contribution >= 4 is 10.9 Å². The van der Waals surface area contributed by atoms with Gasteiger partial charge in [-0.2, -0.15) is 0 Å². The SMILES string of the molecule is FCc1cccc(C#CCCc2ccc3ccccc3n2)n1. The fourth-order valence-corrected chi connectivity index (χ4v) is 2.21. The molecule has 0 saturated heterocycles. The predicted octanol–water partition coefficient (Wildman–Crippen LogP) is 4.08. The summed E-state index contributed by atoms with van der Waals surface area (Å²) < 4.78 is 12.5. The van der Waals surface area contributed by atoms with E-state index in [4.69, 9.17) is 0 Å². The van der Waals surface area contributed by atoms with E-state index in [1.165, 1.54) is 0 Å². The molecule has 0 bridgehead atoms. The van der Waals surface area contributed by atoms with Crippen LogP contribution in [0.2, 0.25) is 0 Å². The van der Waals surface area contributed by atoms with Crippen LogP contribution < -0.4 is 0 Å². The normalized spacial score (nSPS) is 10.2. The summed E-state index contributed by atoms with van der Waals surface area (Å²) in [6, 6.07) is 17.4. The summed E-state index contributed by atoms with van der Waals surface area (Å²) in [6.45, 7) is -0.559. The van der Waals surface area contributed by atoms with Gasteiger partial charge >= 0.3 is 0 Å². The number of nitrogens with zero attached hydrogens (tertiary/aromatic N) is 2. The minimum atomic E-state index is -0.559. The molecule has 0 aliphatic heterocycles. The maximum absolute atomic E-state index is 12.5. The molecule has 0 saturated carbocycles. The fraction of sp³-hybridized carbons (Fsp3) is 0.158. The monoisotopic (exact) mass is 290 g/mol. The standard InChI is InChI=1S/C19H15FN2/c20-14-18-10-5-9-16(21-18)7-2-3-8-17-13-12-15-6-1-4-11-19(15)22-17/h1,4-6,9-13H,3,8,14H2. The molecule has 0 aliphatic rings. The average molecular weight is 290 g/mol. The van der Waals surface area contributed by atoms with Crippen LogP contribution in [0.25, 0.3) is 10.9 Å². The molecule has 3 aromatic rings. The quantitative estimate of drug-likeness (QED) is 0.679. The van der Waals surface area contributed by atoms with Gasteiger partial charge in [0.25, 0.3) is 0 Å². The first-order chi connectivity index (χ1) is 10.8. The van der Waals surface area contributed by atoms with Crippen LogP contribution in [0.5, 0.6) is 0 Å². The number of benzene rings is 1. The number of para-hydroxylation sites is 1. The number of fused-ring (bicyclic) bond motifs is 1. The zero-order valence-electron chi connectivity index (χ0n) is 12.1. The van der Waals surface area contributed by atoms with Gasteiger partial charge < -0.3 is 0 Å². The van der Waals surface area contributed by atoms with Crippen molar-refractivity contribution < 1.29 is 4.39 Å². The number of pyridine rings is 2. The number of hydrogen-bond donors (Lipinski definition) is 0. The molecule has 108 valence electrons. The summed E-state index contributed by atoms with van der Waals surface area (Å²) >= 11 is 0. The van der Waals surface area contributed by atoms with Crippen LogP contribution in [-0.4, -0.2) is 9.97 Å². The first-order valence-electron chi connectivity index (χ1n) is 7.20. The summed E-state index contributed by atoms with van der Waals surface area (Å²) in [7, 11) is 0. The highest BCUT2D eigenvalue weighted by molar-refractivity contribution is 5.78. The molecular formula is C19H15FN2. The van der Waals surface area contributed by atoms with Crippen molar-refractivity contribution in [2.24, 2.45) is 0 Å². The predicted molar refractivity (Wildman–Crippen MR) is 86.0 cm³/mol. The topological polar surface area (TPSA) is 25.8 Å². The van der Waals surface area contributed by atoms with Crippen LogP contribution in [0.4, 0.5) is 4.39 Å². The Morgan fingerprint density at radius 2 is 1.77 bits per heavy atom. The molecule has 0 atom stereocenters. The molecule has 0 unspecified atom stereocenters. The molecule has 0 spiro atoms. The molecule has 1 aromatic carbocycles. The van der Waals surface area contributed by atoms with E-state index in [1.54, 1.807) is 18.2 Å². The Morgan fingerprint density at radius 3 is 2.68 bits per heavy atom. The zero-order valence-corrected chi connectivity index (χ0v) is 12.1. The molecular weight excluding hydrogens is 275 g/mol. The van der Waals surface area contributed by atoms with E-state index in [2.05, 4.69) is 33.9 Å². The molecule has 2 nitrogen and oxygen atoms in total. The molecule has 2 aromatic heterocycles. The smallest absolute Gasteiger partial charge is 0.131 e. The van der Waals surface area contributed by atoms with E-state index in [0.29, 0.717) is 17.8 Å². The zero-order chi connectivity index (χ0) is 15.2. The van der Waals surface area contributed by atoms with Gasteiger partial charge in [-0.1, -0.05) is 36.3 Å². The summed E-state index contributed by atoms with van der Waals surface area (Å²) in [4.78, 5) is 8.73. The molecule has 0 aliphatic carbocycles. The first kappa shape index (κ1) is 14.2. The lowest BCUT2D eigenvalue weighted by Crippen LogP contribution is -1.91. The van der Waals surface area contributed by atoms with Crippen molar-refractivity contribution in [3.05, 3.63) is 71.7 Å². The van der Waals surface area contributed by atoms with E-state index in [0.717, 1.165) is 23.0 Å². The van der Waals surface area contributed by atoms with Crippen LogP contribution in [0.1, 0.15) is 23.5 Å². The second-order valence-corrected chi connectivity index (χ2v) is 4.94. The van der Waals surface area contributed by atoms with E-state index >= 15 is 0 Å². The van der Waals surface area contributed by atoms with Crippen molar-refractivity contribution in [3.8, 4) is 11.8 Å². The Kier molecular flexibility index (Phi) is 4.41. The summed E-state index contributed by atoms with van der Waals surface area (Å²) in [6.07, 6.45) is 1.49. The van der Waals surface area contributed by atoms with Gasteiger partial charge in [0.2, 0.25) is 0 Å². The largest absolute Gasteiger partial charge is 0.253 e. The van der Waals surface area contributed by atoms with Crippen molar-refractivity contribution in [1.82, 2.24) is 9.97 Å². The lowest BCUT2D eigenvalue weighted by molar-refractivity contribution is 0.476. The lowest BCUT2D eigenvalue weighted by atomic mass is 10.1. The third-order valence-electron chi connectivity index (χ3n) is 3.32. The Bertz CT molecular complexity index is 846. The lowest BCUT2D eigenvalue weighted by Gasteiger charge is -2.00. The van der Waals surface area contributed by atoms with Gasteiger partial charge in [0.15, 0.2) is 0 Å². The number of aromatic nitrogens is 2. The first-order valence-corrected chi connectivity index (χ1v) is 7.20. The molecule has 0 N–H and O–H groups in total. The Hall–Kier alpha value is -2.73. The van der Waals surface area contributed by atoms with Gasteiger partial charge in [-0.15, -0.1) is 0 Å². The highest BCUT2D eigenvalue weighted by Crippen LogP contribution is 2.12. The Balaban J connectivity index is 1.66. The minimum Gasteiger partial charge on any atom is -0.253 e. The van der Waals surface area contributed by atoms with Crippen LogP contribution in [0, 0.1) is 11.8 Å². The maximum atomic E-state index is 12.5. The van der Waals surface area contributed by atoms with Crippen molar-refractivity contribution in [2.45, 2.75) is 19.5 Å². The molecule has 3 rings (SSSR count). The minimum absolute atomic E-state index is 0.419. The maximum Gasteiger partial charge on any atom is 0.131 e. The van der Waals surface area contributed by atoms with Crippen molar-refractivity contribution in [1.29, 1.82) is 0 Å². The van der Waals surface area contributed by atoms with Gasteiger partial charge in [0, 0.05) is 23.9 Å². The number of rotatable bonds is 3. The van der Waals surface area contributed by atoms with Gasteiger partial charge in [-0.3, -0.25) is 4.98 Å². The second kappa shape index (κ2) is 6.82. The number of alkyl halides is 1. The van der Waals surface area contributed by atoms with Crippen LogP contribution in [0.15, 0.2) is 54.6 Å².